The van der Waals surface area contributed by atoms with E-state index in [0.29, 0.717) is 18.4 Å². The van der Waals surface area contributed by atoms with Crippen molar-refractivity contribution in [2.24, 2.45) is 0 Å². The second-order valence-corrected chi connectivity index (χ2v) is 9.34. The summed E-state index contributed by atoms with van der Waals surface area (Å²) in [6.45, 7) is 3.41. The molecule has 0 aliphatic carbocycles. The van der Waals surface area contributed by atoms with Crippen molar-refractivity contribution in [1.29, 1.82) is 0 Å². The second kappa shape index (κ2) is 8.31. The minimum atomic E-state index is -3.10. The first-order chi connectivity index (χ1) is 11.7. The van der Waals surface area contributed by atoms with Gasteiger partial charge in [0.15, 0.2) is 16.4 Å². The van der Waals surface area contributed by atoms with Crippen molar-refractivity contribution >= 4 is 37.6 Å². The van der Waals surface area contributed by atoms with Gasteiger partial charge >= 0.3 is 5.97 Å². The molecular formula is C17H22BrNO5S. The summed E-state index contributed by atoms with van der Waals surface area (Å²) < 4.78 is 29.4. The van der Waals surface area contributed by atoms with Crippen LogP contribution in [0.15, 0.2) is 28.7 Å². The van der Waals surface area contributed by atoms with E-state index >= 15 is 0 Å². The van der Waals surface area contributed by atoms with Crippen LogP contribution < -0.4 is 0 Å². The van der Waals surface area contributed by atoms with Crippen LogP contribution in [0, 0.1) is 0 Å². The quantitative estimate of drug-likeness (QED) is 0.645. The van der Waals surface area contributed by atoms with Crippen molar-refractivity contribution in [2.45, 2.75) is 38.8 Å². The molecule has 0 radical (unpaired) electrons. The number of carbonyl (C=O) groups is 2. The number of ether oxygens (including phenoxy) is 1. The lowest BCUT2D eigenvalue weighted by Crippen LogP contribution is -2.48. The van der Waals surface area contributed by atoms with Crippen LogP contribution in [-0.2, 0) is 19.4 Å². The number of sulfone groups is 1. The normalized spacial score (nSPS) is 20.0. The van der Waals surface area contributed by atoms with Gasteiger partial charge in [-0.3, -0.25) is 4.79 Å². The van der Waals surface area contributed by atoms with Crippen molar-refractivity contribution in [3.63, 3.8) is 0 Å². The molecule has 0 aromatic heterocycles. The number of rotatable bonds is 6. The summed E-state index contributed by atoms with van der Waals surface area (Å²) in [6.07, 6.45) is 1.13. The Morgan fingerprint density at radius 3 is 2.48 bits per heavy atom. The van der Waals surface area contributed by atoms with Gasteiger partial charge in [0.05, 0.1) is 17.1 Å². The predicted octanol–water partition coefficient (Wildman–Crippen LogP) is 2.42. The number of amides is 1. The Morgan fingerprint density at radius 1 is 1.32 bits per heavy atom. The molecule has 0 bridgehead atoms. The van der Waals surface area contributed by atoms with E-state index in [9.17, 15) is 18.0 Å². The van der Waals surface area contributed by atoms with E-state index in [4.69, 9.17) is 4.74 Å². The predicted molar refractivity (Wildman–Crippen MR) is 98.1 cm³/mol. The lowest BCUT2D eigenvalue weighted by molar-refractivity contribution is -0.138. The average Bonchev–Trinajstić information content (AvgIpc) is 2.92. The highest BCUT2D eigenvalue weighted by Gasteiger charge is 2.36. The first-order valence-electron chi connectivity index (χ1n) is 8.17. The summed E-state index contributed by atoms with van der Waals surface area (Å²) in [5.74, 6) is -0.869. The number of hydrogen-bond donors (Lipinski definition) is 0. The van der Waals surface area contributed by atoms with Crippen LogP contribution in [0.3, 0.4) is 0 Å². The first-order valence-corrected chi connectivity index (χ1v) is 10.8. The SMILES string of the molecule is CCC(C)N(C(=O)COC(=O)c1ccc(Br)cc1)C1CCS(=O)(=O)C1. The van der Waals surface area contributed by atoms with Crippen molar-refractivity contribution in [3.05, 3.63) is 34.3 Å². The lowest BCUT2D eigenvalue weighted by atomic mass is 10.1. The molecule has 6 nitrogen and oxygen atoms in total. The van der Waals surface area contributed by atoms with Gasteiger partial charge in [-0.25, -0.2) is 13.2 Å². The molecule has 1 heterocycles. The largest absolute Gasteiger partial charge is 0.452 e. The summed E-state index contributed by atoms with van der Waals surface area (Å²) in [5, 5.41) is 0. The zero-order chi connectivity index (χ0) is 18.6. The molecule has 0 spiro atoms. The van der Waals surface area contributed by atoms with Gasteiger partial charge in [0.2, 0.25) is 0 Å². The van der Waals surface area contributed by atoms with Crippen LogP contribution in [0.4, 0.5) is 0 Å². The fourth-order valence-corrected chi connectivity index (χ4v) is 4.85. The average molecular weight is 432 g/mol. The molecule has 138 valence electrons. The Hall–Kier alpha value is -1.41. The minimum absolute atomic E-state index is 0.0241. The molecule has 2 atom stereocenters. The molecule has 8 heteroatoms. The molecule has 1 aromatic rings. The molecular weight excluding hydrogens is 410 g/mol. The van der Waals surface area contributed by atoms with E-state index in [-0.39, 0.29) is 29.5 Å². The first kappa shape index (κ1) is 19.9. The Kier molecular flexibility index (Phi) is 6.62. The summed E-state index contributed by atoms with van der Waals surface area (Å²) in [5.41, 5.74) is 0.356. The third-order valence-electron chi connectivity index (χ3n) is 4.36. The van der Waals surface area contributed by atoms with Crippen molar-refractivity contribution in [1.82, 2.24) is 4.90 Å². The van der Waals surface area contributed by atoms with E-state index in [1.54, 1.807) is 29.2 Å². The minimum Gasteiger partial charge on any atom is -0.452 e. The molecule has 1 aromatic carbocycles. The van der Waals surface area contributed by atoms with Crippen LogP contribution in [0.5, 0.6) is 0 Å². The standard InChI is InChI=1S/C17H22BrNO5S/c1-3-12(2)19(15-8-9-25(22,23)11-15)16(20)10-24-17(21)13-4-6-14(18)7-5-13/h4-7,12,15H,3,8-11H2,1-2H3. The van der Waals surface area contributed by atoms with Crippen molar-refractivity contribution in [2.75, 3.05) is 18.1 Å². The summed E-state index contributed by atoms with van der Waals surface area (Å²) in [4.78, 5) is 26.2. The van der Waals surface area contributed by atoms with E-state index in [2.05, 4.69) is 15.9 Å². The van der Waals surface area contributed by atoms with Crippen LogP contribution >= 0.6 is 15.9 Å². The van der Waals surface area contributed by atoms with Crippen LogP contribution in [0.2, 0.25) is 0 Å². The molecule has 1 aliphatic rings. The highest BCUT2D eigenvalue weighted by atomic mass is 79.9. The molecule has 0 N–H and O–H groups in total. The Morgan fingerprint density at radius 2 is 1.96 bits per heavy atom. The van der Waals surface area contributed by atoms with Gasteiger partial charge in [-0.05, 0) is 44.0 Å². The monoisotopic (exact) mass is 431 g/mol. The van der Waals surface area contributed by atoms with Crippen molar-refractivity contribution in [3.8, 4) is 0 Å². The Bertz CT molecular complexity index is 732. The molecule has 2 rings (SSSR count). The van der Waals surface area contributed by atoms with E-state index in [0.717, 1.165) is 4.47 Å². The maximum absolute atomic E-state index is 12.6. The van der Waals surface area contributed by atoms with Gasteiger partial charge in [0, 0.05) is 16.6 Å². The fraction of sp³-hybridized carbons (Fsp3) is 0.529. The van der Waals surface area contributed by atoms with Crippen LogP contribution in [0.1, 0.15) is 37.0 Å². The van der Waals surface area contributed by atoms with Gasteiger partial charge in [0.25, 0.3) is 5.91 Å². The number of nitrogens with zero attached hydrogens (tertiary/aromatic N) is 1. The van der Waals surface area contributed by atoms with Crippen LogP contribution in [-0.4, -0.2) is 55.4 Å². The number of carbonyl (C=O) groups excluding carboxylic acids is 2. The molecule has 1 saturated heterocycles. The maximum Gasteiger partial charge on any atom is 0.338 e. The third-order valence-corrected chi connectivity index (χ3v) is 6.64. The summed E-state index contributed by atoms with van der Waals surface area (Å²) in [7, 11) is -3.10. The molecule has 1 amide bonds. The second-order valence-electron chi connectivity index (χ2n) is 6.20. The number of halogens is 1. The molecule has 0 saturated carbocycles. The Labute approximate surface area is 156 Å². The zero-order valence-electron chi connectivity index (χ0n) is 14.3. The van der Waals surface area contributed by atoms with Gasteiger partial charge in [-0.1, -0.05) is 22.9 Å². The van der Waals surface area contributed by atoms with Gasteiger partial charge < -0.3 is 9.64 Å². The van der Waals surface area contributed by atoms with Crippen molar-refractivity contribution < 1.29 is 22.7 Å². The zero-order valence-corrected chi connectivity index (χ0v) is 16.7. The third kappa shape index (κ3) is 5.28. The highest BCUT2D eigenvalue weighted by molar-refractivity contribution is 9.10. The smallest absolute Gasteiger partial charge is 0.338 e. The van der Waals surface area contributed by atoms with Gasteiger partial charge in [0.1, 0.15) is 0 Å². The molecule has 1 aliphatic heterocycles. The fourth-order valence-electron chi connectivity index (χ4n) is 2.87. The molecule has 2 unspecified atom stereocenters. The highest BCUT2D eigenvalue weighted by Crippen LogP contribution is 2.21. The number of hydrogen-bond acceptors (Lipinski definition) is 5. The summed E-state index contributed by atoms with van der Waals surface area (Å²) >= 11 is 3.28. The van der Waals surface area contributed by atoms with E-state index in [1.165, 1.54) is 0 Å². The number of esters is 1. The summed E-state index contributed by atoms with van der Waals surface area (Å²) in [6, 6.07) is 6.18. The van der Waals surface area contributed by atoms with E-state index in [1.807, 2.05) is 13.8 Å². The lowest BCUT2D eigenvalue weighted by Gasteiger charge is -2.33. The van der Waals surface area contributed by atoms with Crippen LogP contribution in [0.25, 0.3) is 0 Å². The van der Waals surface area contributed by atoms with E-state index < -0.39 is 22.4 Å². The molecule has 1 fully saturated rings. The maximum atomic E-state index is 12.6. The number of benzene rings is 1. The Balaban J connectivity index is 2.02. The molecule has 25 heavy (non-hydrogen) atoms. The van der Waals surface area contributed by atoms with Gasteiger partial charge in [-0.15, -0.1) is 0 Å². The van der Waals surface area contributed by atoms with Gasteiger partial charge in [-0.2, -0.15) is 0 Å². The topological polar surface area (TPSA) is 80.8 Å².